The van der Waals surface area contributed by atoms with E-state index in [2.05, 4.69) is 15.0 Å². The van der Waals surface area contributed by atoms with E-state index in [1.54, 1.807) is 13.3 Å². The zero-order valence-electron chi connectivity index (χ0n) is 11.5. The van der Waals surface area contributed by atoms with Crippen LogP contribution < -0.4 is 4.74 Å². The number of aromatic nitrogens is 2. The lowest BCUT2D eigenvalue weighted by Crippen LogP contribution is -1.87. The maximum atomic E-state index is 5.38. The van der Waals surface area contributed by atoms with Crippen LogP contribution in [-0.4, -0.2) is 23.3 Å². The first-order valence-electron chi connectivity index (χ1n) is 6.36. The van der Waals surface area contributed by atoms with Gasteiger partial charge >= 0.3 is 0 Å². The second kappa shape index (κ2) is 6.81. The van der Waals surface area contributed by atoms with Crippen LogP contribution in [-0.2, 0) is 0 Å². The van der Waals surface area contributed by atoms with Gasteiger partial charge in [-0.3, -0.25) is 4.99 Å². The fourth-order valence-corrected chi connectivity index (χ4v) is 2.01. The highest BCUT2D eigenvalue weighted by Crippen LogP contribution is 2.25. The van der Waals surface area contributed by atoms with Gasteiger partial charge < -0.3 is 14.7 Å². The number of benzene rings is 1. The quantitative estimate of drug-likeness (QED) is 0.697. The molecule has 4 nitrogen and oxygen atoms in total. The molecular formula is C16H16ClN3O. The van der Waals surface area contributed by atoms with Crippen molar-refractivity contribution in [2.75, 3.05) is 7.11 Å². The molecule has 21 heavy (non-hydrogen) atoms. The molecular weight excluding hydrogens is 286 g/mol. The average molecular weight is 302 g/mol. The highest BCUT2D eigenvalue weighted by molar-refractivity contribution is 5.85. The normalized spacial score (nSPS) is 10.5. The molecule has 0 atom stereocenters. The minimum atomic E-state index is 0. The van der Waals surface area contributed by atoms with Crippen molar-refractivity contribution in [2.45, 2.75) is 0 Å². The molecule has 5 heteroatoms. The summed E-state index contributed by atoms with van der Waals surface area (Å²) in [6.07, 6.45) is 3.67. The maximum absolute atomic E-state index is 5.38. The number of H-pyrrole nitrogens is 2. The Morgan fingerprint density at radius 2 is 1.86 bits per heavy atom. The Hall–Kier alpha value is -2.46. The minimum Gasteiger partial charge on any atom is -0.494 e. The van der Waals surface area contributed by atoms with Gasteiger partial charge in [-0.15, -0.1) is 12.4 Å². The molecule has 0 radical (unpaired) electrons. The zero-order chi connectivity index (χ0) is 13.8. The van der Waals surface area contributed by atoms with Crippen LogP contribution in [0, 0.1) is 0 Å². The Balaban J connectivity index is 0.00000161. The number of hydrogen-bond donors (Lipinski definition) is 2. The van der Waals surface area contributed by atoms with Crippen LogP contribution in [0.25, 0.3) is 11.4 Å². The third kappa shape index (κ3) is 3.35. The molecule has 0 saturated carbocycles. The van der Waals surface area contributed by atoms with Crippen molar-refractivity contribution in [3.63, 3.8) is 0 Å². The Morgan fingerprint density at radius 3 is 2.52 bits per heavy atom. The summed E-state index contributed by atoms with van der Waals surface area (Å²) in [5.41, 5.74) is 3.75. The summed E-state index contributed by atoms with van der Waals surface area (Å²) in [6, 6.07) is 15.7. The summed E-state index contributed by atoms with van der Waals surface area (Å²) in [7, 11) is 1.65. The summed E-state index contributed by atoms with van der Waals surface area (Å²) >= 11 is 0. The number of ether oxygens (including phenoxy) is 1. The first kappa shape index (κ1) is 14.9. The van der Waals surface area contributed by atoms with Crippen molar-refractivity contribution in [1.82, 2.24) is 9.97 Å². The van der Waals surface area contributed by atoms with Gasteiger partial charge in [0.25, 0.3) is 0 Å². The van der Waals surface area contributed by atoms with Gasteiger partial charge in [0, 0.05) is 12.3 Å². The van der Waals surface area contributed by atoms with Crippen molar-refractivity contribution in [3.05, 3.63) is 60.4 Å². The number of halogens is 1. The van der Waals surface area contributed by atoms with E-state index in [0.29, 0.717) is 0 Å². The molecule has 3 aromatic rings. The largest absolute Gasteiger partial charge is 0.494 e. The molecule has 2 heterocycles. The van der Waals surface area contributed by atoms with Crippen molar-refractivity contribution in [1.29, 1.82) is 0 Å². The third-order valence-corrected chi connectivity index (χ3v) is 3.02. The lowest BCUT2D eigenvalue weighted by molar-refractivity contribution is 0.415. The molecule has 0 amide bonds. The van der Waals surface area contributed by atoms with Gasteiger partial charge in [-0.25, -0.2) is 0 Å². The van der Waals surface area contributed by atoms with Crippen LogP contribution >= 0.6 is 12.4 Å². The SMILES string of the molecule is COc1cc(-c2ccc[nH]2)[nH]c1C=Nc1ccccc1.Cl. The van der Waals surface area contributed by atoms with Crippen LogP contribution in [0.4, 0.5) is 5.69 Å². The lowest BCUT2D eigenvalue weighted by Gasteiger charge is -1.96. The number of rotatable bonds is 4. The molecule has 0 fully saturated rings. The van der Waals surface area contributed by atoms with Gasteiger partial charge in [0.2, 0.25) is 0 Å². The van der Waals surface area contributed by atoms with Crippen molar-refractivity contribution in [3.8, 4) is 17.1 Å². The summed E-state index contributed by atoms with van der Waals surface area (Å²) in [4.78, 5) is 10.9. The van der Waals surface area contributed by atoms with E-state index < -0.39 is 0 Å². The monoisotopic (exact) mass is 301 g/mol. The molecule has 2 N–H and O–H groups in total. The van der Waals surface area contributed by atoms with Crippen LogP contribution in [0.2, 0.25) is 0 Å². The van der Waals surface area contributed by atoms with Gasteiger partial charge in [0.15, 0.2) is 0 Å². The number of hydrogen-bond acceptors (Lipinski definition) is 2. The van der Waals surface area contributed by atoms with E-state index in [-0.39, 0.29) is 12.4 Å². The van der Waals surface area contributed by atoms with Crippen molar-refractivity contribution >= 4 is 24.3 Å². The molecule has 3 rings (SSSR count). The van der Waals surface area contributed by atoms with E-state index in [1.807, 2.05) is 54.7 Å². The van der Waals surface area contributed by atoms with Gasteiger partial charge in [-0.05, 0) is 24.3 Å². The maximum Gasteiger partial charge on any atom is 0.146 e. The molecule has 0 aliphatic heterocycles. The number of methoxy groups -OCH3 is 1. The van der Waals surface area contributed by atoms with Crippen LogP contribution in [0.3, 0.4) is 0 Å². The standard InChI is InChI=1S/C16H15N3O.ClH/c1-20-16-10-14(13-8-5-9-17-13)19-15(16)11-18-12-6-3-2-4-7-12;/h2-11,17,19H,1H3;1H. The predicted molar refractivity (Wildman–Crippen MR) is 88.1 cm³/mol. The van der Waals surface area contributed by atoms with E-state index in [1.165, 1.54) is 0 Å². The summed E-state index contributed by atoms with van der Waals surface area (Å²) in [6.45, 7) is 0. The van der Waals surface area contributed by atoms with Crippen LogP contribution in [0.5, 0.6) is 5.75 Å². The third-order valence-electron chi connectivity index (χ3n) is 3.02. The van der Waals surface area contributed by atoms with E-state index in [9.17, 15) is 0 Å². The molecule has 0 bridgehead atoms. The summed E-state index contributed by atoms with van der Waals surface area (Å²) in [5, 5.41) is 0. The highest BCUT2D eigenvalue weighted by Gasteiger charge is 2.08. The smallest absolute Gasteiger partial charge is 0.146 e. The van der Waals surface area contributed by atoms with Crippen molar-refractivity contribution in [2.24, 2.45) is 4.99 Å². The molecule has 108 valence electrons. The lowest BCUT2D eigenvalue weighted by atomic mass is 10.3. The first-order valence-corrected chi connectivity index (χ1v) is 6.36. The van der Waals surface area contributed by atoms with Crippen LogP contribution in [0.15, 0.2) is 59.7 Å². The van der Waals surface area contributed by atoms with E-state index >= 15 is 0 Å². The molecule has 2 aromatic heterocycles. The number of para-hydroxylation sites is 1. The molecule has 1 aromatic carbocycles. The number of aromatic amines is 2. The topological polar surface area (TPSA) is 53.2 Å². The first-order chi connectivity index (χ1) is 9.86. The second-order valence-electron chi connectivity index (χ2n) is 4.34. The number of nitrogens with zero attached hydrogens (tertiary/aromatic N) is 1. The van der Waals surface area contributed by atoms with Crippen LogP contribution in [0.1, 0.15) is 5.69 Å². The highest BCUT2D eigenvalue weighted by atomic mass is 35.5. The number of aliphatic imine (C=N–C) groups is 1. The Labute approximate surface area is 129 Å². The molecule has 0 saturated heterocycles. The van der Waals surface area contributed by atoms with Crippen molar-refractivity contribution < 1.29 is 4.74 Å². The fourth-order valence-electron chi connectivity index (χ4n) is 2.01. The van der Waals surface area contributed by atoms with Gasteiger partial charge in [-0.1, -0.05) is 18.2 Å². The Bertz CT molecular complexity index is 702. The molecule has 0 aliphatic carbocycles. The predicted octanol–water partition coefficient (Wildman–Crippen LogP) is 4.19. The molecule has 0 aliphatic rings. The summed E-state index contributed by atoms with van der Waals surface area (Å²) < 4.78 is 5.38. The van der Waals surface area contributed by atoms with Gasteiger partial charge in [-0.2, -0.15) is 0 Å². The van der Waals surface area contributed by atoms with E-state index in [0.717, 1.165) is 28.5 Å². The molecule has 0 unspecified atom stereocenters. The fraction of sp³-hybridized carbons (Fsp3) is 0.0625. The Morgan fingerprint density at radius 1 is 1.05 bits per heavy atom. The van der Waals surface area contributed by atoms with E-state index in [4.69, 9.17) is 4.74 Å². The second-order valence-corrected chi connectivity index (χ2v) is 4.34. The molecule has 0 spiro atoms. The zero-order valence-corrected chi connectivity index (χ0v) is 12.4. The van der Waals surface area contributed by atoms with Gasteiger partial charge in [0.05, 0.1) is 36.1 Å². The summed E-state index contributed by atoms with van der Waals surface area (Å²) in [5.74, 6) is 0.772. The van der Waals surface area contributed by atoms with Gasteiger partial charge in [0.1, 0.15) is 5.75 Å². The minimum absolute atomic E-state index is 0. The Kier molecular flexibility index (Phi) is 4.85. The number of nitrogens with one attached hydrogen (secondary N) is 2. The average Bonchev–Trinajstić information content (AvgIpc) is 3.15.